The van der Waals surface area contributed by atoms with E-state index in [0.29, 0.717) is 0 Å². The lowest BCUT2D eigenvalue weighted by Gasteiger charge is -2.29. The number of ether oxygens (including phenoxy) is 1. The summed E-state index contributed by atoms with van der Waals surface area (Å²) in [6.07, 6.45) is -2.51. The smallest absolute Gasteiger partial charge is 0.330 e. The Labute approximate surface area is 120 Å². The first-order chi connectivity index (χ1) is 8.81. The molecule has 1 aliphatic rings. The van der Waals surface area contributed by atoms with Crippen molar-refractivity contribution in [3.63, 3.8) is 0 Å². The maximum Gasteiger partial charge on any atom is 0.330 e. The molecule has 2 heterocycles. The van der Waals surface area contributed by atoms with Crippen LogP contribution in [-0.4, -0.2) is 49.8 Å². The van der Waals surface area contributed by atoms with Crippen molar-refractivity contribution in [2.75, 3.05) is 6.61 Å². The third kappa shape index (κ3) is 2.25. The van der Waals surface area contributed by atoms with Gasteiger partial charge in [-0.2, -0.15) is 0 Å². The van der Waals surface area contributed by atoms with Crippen LogP contribution in [0.15, 0.2) is 15.8 Å². The van der Waals surface area contributed by atoms with Crippen molar-refractivity contribution in [2.45, 2.75) is 31.0 Å². The SMILES string of the molecule is C[C@@]1(n2cc(I)c(=O)[nH]c2=O)O[C@H](CO)[C@@H](O)[C@H]1O. The second-order valence-corrected chi connectivity index (χ2v) is 5.60. The Morgan fingerprint density at radius 2 is 2.16 bits per heavy atom. The molecule has 0 amide bonds. The summed E-state index contributed by atoms with van der Waals surface area (Å²) in [5, 5.41) is 28.8. The third-order valence-electron chi connectivity index (χ3n) is 3.20. The molecule has 1 fully saturated rings. The van der Waals surface area contributed by atoms with Gasteiger partial charge in [-0.05, 0) is 29.5 Å². The van der Waals surface area contributed by atoms with Crippen LogP contribution in [0.2, 0.25) is 0 Å². The molecule has 0 bridgehead atoms. The molecular weight excluding hydrogens is 371 g/mol. The number of aromatic nitrogens is 2. The number of aliphatic hydroxyl groups is 3. The topological polar surface area (TPSA) is 125 Å². The Hall–Kier alpha value is -0.750. The van der Waals surface area contributed by atoms with Crippen LogP contribution >= 0.6 is 22.6 Å². The van der Waals surface area contributed by atoms with E-state index in [-0.39, 0.29) is 3.57 Å². The van der Waals surface area contributed by atoms with Gasteiger partial charge < -0.3 is 20.1 Å². The molecule has 0 unspecified atom stereocenters. The predicted octanol–water partition coefficient (Wildman–Crippen LogP) is -2.07. The van der Waals surface area contributed by atoms with Crippen LogP contribution in [0.25, 0.3) is 0 Å². The van der Waals surface area contributed by atoms with Crippen molar-refractivity contribution in [3.05, 3.63) is 30.6 Å². The van der Waals surface area contributed by atoms with E-state index in [1.807, 2.05) is 0 Å². The average Bonchev–Trinajstić information content (AvgIpc) is 2.59. The minimum absolute atomic E-state index is 0.233. The summed E-state index contributed by atoms with van der Waals surface area (Å²) in [5.41, 5.74) is -2.87. The first-order valence-corrected chi connectivity index (χ1v) is 6.56. The quantitative estimate of drug-likeness (QED) is 0.434. The number of halogens is 1. The van der Waals surface area contributed by atoms with Crippen molar-refractivity contribution in [1.82, 2.24) is 9.55 Å². The first-order valence-electron chi connectivity index (χ1n) is 5.48. The summed E-state index contributed by atoms with van der Waals surface area (Å²) in [5.74, 6) is 0. The zero-order valence-electron chi connectivity index (χ0n) is 9.91. The van der Waals surface area contributed by atoms with E-state index < -0.39 is 41.9 Å². The molecule has 1 saturated heterocycles. The van der Waals surface area contributed by atoms with Gasteiger partial charge in [0.15, 0.2) is 5.72 Å². The molecule has 0 saturated carbocycles. The van der Waals surface area contributed by atoms with Gasteiger partial charge >= 0.3 is 5.69 Å². The van der Waals surface area contributed by atoms with Crippen LogP contribution in [0.3, 0.4) is 0 Å². The number of aliphatic hydroxyl groups excluding tert-OH is 3. The molecule has 19 heavy (non-hydrogen) atoms. The van der Waals surface area contributed by atoms with Crippen LogP contribution < -0.4 is 11.2 Å². The number of nitrogens with zero attached hydrogens (tertiary/aromatic N) is 1. The Morgan fingerprint density at radius 3 is 2.68 bits per heavy atom. The Bertz CT molecular complexity index is 598. The predicted molar refractivity (Wildman–Crippen MR) is 71.7 cm³/mol. The number of rotatable bonds is 2. The lowest BCUT2D eigenvalue weighted by atomic mass is 10.0. The minimum atomic E-state index is -1.56. The Kier molecular flexibility index (Phi) is 3.84. The Morgan fingerprint density at radius 1 is 1.53 bits per heavy atom. The molecule has 2 rings (SSSR count). The summed E-state index contributed by atoms with van der Waals surface area (Å²) in [4.78, 5) is 25.2. The second kappa shape index (κ2) is 4.98. The molecule has 8 nitrogen and oxygen atoms in total. The number of aromatic amines is 1. The molecule has 4 atom stereocenters. The molecule has 9 heteroatoms. The van der Waals surface area contributed by atoms with Crippen LogP contribution in [0, 0.1) is 3.57 Å². The van der Waals surface area contributed by atoms with Gasteiger partial charge in [-0.3, -0.25) is 14.3 Å². The highest BCUT2D eigenvalue weighted by molar-refractivity contribution is 14.1. The monoisotopic (exact) mass is 384 g/mol. The second-order valence-electron chi connectivity index (χ2n) is 4.44. The largest absolute Gasteiger partial charge is 0.394 e. The summed E-state index contributed by atoms with van der Waals surface area (Å²) in [7, 11) is 0. The minimum Gasteiger partial charge on any atom is -0.394 e. The molecule has 0 radical (unpaired) electrons. The van der Waals surface area contributed by atoms with Gasteiger partial charge in [-0.25, -0.2) is 4.79 Å². The molecule has 106 valence electrons. The molecule has 4 N–H and O–H groups in total. The number of hydrogen-bond acceptors (Lipinski definition) is 6. The Balaban J connectivity index is 2.55. The van der Waals surface area contributed by atoms with E-state index in [9.17, 15) is 19.8 Å². The standard InChI is InChI=1S/C10H13IN2O6/c1-10(7(16)6(15)5(3-14)19-10)13-2-4(11)8(17)12-9(13)18/h2,5-7,14-16H,3H2,1H3,(H,12,17,18)/t5-,6-,7-,10-/m1/s1. The zero-order valence-corrected chi connectivity index (χ0v) is 12.1. The zero-order chi connectivity index (χ0) is 14.4. The molecule has 1 aromatic rings. The lowest BCUT2D eigenvalue weighted by molar-refractivity contribution is -0.137. The van der Waals surface area contributed by atoms with E-state index in [2.05, 4.69) is 4.98 Å². The number of nitrogens with one attached hydrogen (secondary N) is 1. The summed E-state index contributed by atoms with van der Waals surface area (Å²) in [6.45, 7) is 0.898. The third-order valence-corrected chi connectivity index (χ3v) is 3.97. The van der Waals surface area contributed by atoms with Crippen LogP contribution in [0.4, 0.5) is 0 Å². The number of hydrogen-bond donors (Lipinski definition) is 4. The highest BCUT2D eigenvalue weighted by atomic mass is 127. The van der Waals surface area contributed by atoms with Crippen LogP contribution in [0.5, 0.6) is 0 Å². The van der Waals surface area contributed by atoms with E-state index in [0.717, 1.165) is 4.57 Å². The van der Waals surface area contributed by atoms with Crippen molar-refractivity contribution < 1.29 is 20.1 Å². The van der Waals surface area contributed by atoms with Gasteiger partial charge in [0.05, 0.1) is 10.2 Å². The molecular formula is C10H13IN2O6. The maximum absolute atomic E-state index is 11.8. The molecule has 0 spiro atoms. The number of H-pyrrole nitrogens is 1. The summed E-state index contributed by atoms with van der Waals surface area (Å²) in [6, 6.07) is 0. The van der Waals surface area contributed by atoms with Crippen molar-refractivity contribution in [2.24, 2.45) is 0 Å². The van der Waals surface area contributed by atoms with Gasteiger partial charge in [-0.1, -0.05) is 0 Å². The van der Waals surface area contributed by atoms with Gasteiger partial charge in [0.25, 0.3) is 5.56 Å². The van der Waals surface area contributed by atoms with E-state index in [1.54, 1.807) is 22.6 Å². The first kappa shape index (κ1) is 14.7. The molecule has 0 aliphatic carbocycles. The van der Waals surface area contributed by atoms with Crippen LogP contribution in [-0.2, 0) is 10.5 Å². The lowest BCUT2D eigenvalue weighted by Crippen LogP contribution is -2.50. The van der Waals surface area contributed by atoms with Crippen LogP contribution in [0.1, 0.15) is 6.92 Å². The average molecular weight is 384 g/mol. The van der Waals surface area contributed by atoms with E-state index in [4.69, 9.17) is 9.84 Å². The van der Waals surface area contributed by atoms with Gasteiger partial charge in [-0.15, -0.1) is 0 Å². The van der Waals surface area contributed by atoms with Gasteiger partial charge in [0.2, 0.25) is 0 Å². The van der Waals surface area contributed by atoms with Crippen molar-refractivity contribution in [3.8, 4) is 0 Å². The molecule has 1 aromatic heterocycles. The normalized spacial score (nSPS) is 34.7. The summed E-state index contributed by atoms with van der Waals surface area (Å²) >= 11 is 1.73. The maximum atomic E-state index is 11.8. The van der Waals surface area contributed by atoms with Crippen molar-refractivity contribution in [1.29, 1.82) is 0 Å². The highest BCUT2D eigenvalue weighted by Gasteiger charge is 2.52. The van der Waals surface area contributed by atoms with E-state index >= 15 is 0 Å². The summed E-state index contributed by atoms with van der Waals surface area (Å²) < 4.78 is 6.60. The van der Waals surface area contributed by atoms with Crippen molar-refractivity contribution >= 4 is 22.6 Å². The molecule has 1 aliphatic heterocycles. The fourth-order valence-electron chi connectivity index (χ4n) is 2.09. The van der Waals surface area contributed by atoms with E-state index in [1.165, 1.54) is 13.1 Å². The highest BCUT2D eigenvalue weighted by Crippen LogP contribution is 2.34. The fourth-order valence-corrected chi connectivity index (χ4v) is 2.50. The molecule has 0 aromatic carbocycles. The van der Waals surface area contributed by atoms with Gasteiger partial charge in [0, 0.05) is 6.20 Å². The fraction of sp³-hybridized carbons (Fsp3) is 0.600. The van der Waals surface area contributed by atoms with Gasteiger partial charge in [0.1, 0.15) is 18.3 Å².